The van der Waals surface area contributed by atoms with Crippen LogP contribution in [-0.4, -0.2) is 17.5 Å². The van der Waals surface area contributed by atoms with Crippen molar-refractivity contribution in [3.8, 4) is 17.6 Å². The number of carbonyl (C=O) groups excluding carboxylic acids is 1. The Labute approximate surface area is 205 Å². The van der Waals surface area contributed by atoms with Gasteiger partial charge in [0.2, 0.25) is 0 Å². The Balaban J connectivity index is 1.63. The fourth-order valence-electron chi connectivity index (χ4n) is 2.69. The van der Waals surface area contributed by atoms with Crippen LogP contribution in [0.3, 0.4) is 0 Å². The van der Waals surface area contributed by atoms with Crippen LogP contribution in [0.4, 0.5) is 11.4 Å². The normalized spacial score (nSPS) is 10.8. The molecule has 1 heterocycles. The summed E-state index contributed by atoms with van der Waals surface area (Å²) in [5, 5.41) is 15.3. The first-order valence-electron chi connectivity index (χ1n) is 9.93. The Morgan fingerprint density at radius 1 is 1.15 bits per heavy atom. The minimum Gasteiger partial charge on any atom is -0.493 e. The second-order valence-corrected chi connectivity index (χ2v) is 7.86. The van der Waals surface area contributed by atoms with Crippen LogP contribution in [0.5, 0.6) is 11.5 Å². The number of nitrogens with zero attached hydrogens (tertiary/aromatic N) is 2. The Morgan fingerprint density at radius 2 is 1.97 bits per heavy atom. The summed E-state index contributed by atoms with van der Waals surface area (Å²) >= 11 is 9.69. The summed E-state index contributed by atoms with van der Waals surface area (Å²) in [7, 11) is 0. The van der Waals surface area contributed by atoms with Crippen LogP contribution >= 0.6 is 27.5 Å². The lowest BCUT2D eigenvalue weighted by Crippen LogP contribution is -2.14. The summed E-state index contributed by atoms with van der Waals surface area (Å²) in [5.74, 6) is 0.530. The number of carbonyl (C=O) groups is 1. The summed E-state index contributed by atoms with van der Waals surface area (Å²) < 4.78 is 12.0. The number of hydrogen-bond acceptors (Lipinski definition) is 6. The van der Waals surface area contributed by atoms with Crippen LogP contribution in [0.15, 0.2) is 77.0 Å². The number of ether oxygens (including phenoxy) is 2. The highest BCUT2D eigenvalue weighted by Crippen LogP contribution is 2.29. The molecule has 0 aliphatic rings. The number of halogens is 2. The molecule has 7 nitrogen and oxygen atoms in total. The average Bonchev–Trinajstić information content (AvgIpc) is 2.82. The third-order valence-corrected chi connectivity index (χ3v) is 5.22. The van der Waals surface area contributed by atoms with E-state index in [1.165, 1.54) is 6.20 Å². The number of hydrogen-bond donors (Lipinski definition) is 2. The maximum absolute atomic E-state index is 12.5. The third-order valence-electron chi connectivity index (χ3n) is 4.27. The van der Waals surface area contributed by atoms with Crippen molar-refractivity contribution in [2.75, 3.05) is 17.2 Å². The molecule has 0 bridgehead atoms. The number of pyridine rings is 1. The van der Waals surface area contributed by atoms with Crippen LogP contribution in [0.1, 0.15) is 12.6 Å². The first kappa shape index (κ1) is 24.1. The maximum Gasteiger partial charge on any atom is 0.267 e. The van der Waals surface area contributed by atoms with Gasteiger partial charge in [-0.25, -0.2) is 0 Å². The van der Waals surface area contributed by atoms with E-state index < -0.39 is 5.91 Å². The van der Waals surface area contributed by atoms with Gasteiger partial charge in [-0.1, -0.05) is 17.7 Å². The van der Waals surface area contributed by atoms with E-state index in [0.717, 1.165) is 10.2 Å². The lowest BCUT2D eigenvalue weighted by Gasteiger charge is -2.11. The van der Waals surface area contributed by atoms with Gasteiger partial charge >= 0.3 is 0 Å². The maximum atomic E-state index is 12.5. The Kier molecular flexibility index (Phi) is 8.70. The van der Waals surface area contributed by atoms with Crippen LogP contribution in [0.25, 0.3) is 0 Å². The Hall–Kier alpha value is -3.54. The third kappa shape index (κ3) is 6.97. The quantitative estimate of drug-likeness (QED) is 0.264. The highest BCUT2D eigenvalue weighted by atomic mass is 79.9. The number of amides is 1. The van der Waals surface area contributed by atoms with E-state index in [-0.39, 0.29) is 12.2 Å². The van der Waals surface area contributed by atoms with Gasteiger partial charge in [0.1, 0.15) is 29.7 Å². The number of benzene rings is 2. The van der Waals surface area contributed by atoms with Gasteiger partial charge in [0.15, 0.2) is 0 Å². The second-order valence-electron chi connectivity index (χ2n) is 6.60. The monoisotopic (exact) mass is 526 g/mol. The van der Waals surface area contributed by atoms with Crippen molar-refractivity contribution in [1.29, 1.82) is 5.26 Å². The average molecular weight is 528 g/mol. The molecule has 0 unspecified atom stereocenters. The molecule has 0 saturated heterocycles. The molecule has 9 heteroatoms. The van der Waals surface area contributed by atoms with Gasteiger partial charge in [-0.05, 0) is 65.3 Å². The Morgan fingerprint density at radius 3 is 2.67 bits per heavy atom. The van der Waals surface area contributed by atoms with Crippen molar-refractivity contribution in [3.63, 3.8) is 0 Å². The summed E-state index contributed by atoms with van der Waals surface area (Å²) in [6.07, 6.45) is 3.02. The molecule has 0 saturated carbocycles. The minimum atomic E-state index is -0.578. The molecule has 0 aliphatic heterocycles. The molecule has 2 aromatic carbocycles. The molecule has 33 heavy (non-hydrogen) atoms. The van der Waals surface area contributed by atoms with Crippen LogP contribution in [0.2, 0.25) is 5.02 Å². The van der Waals surface area contributed by atoms with E-state index in [4.69, 9.17) is 21.1 Å². The molecule has 1 aromatic heterocycles. The van der Waals surface area contributed by atoms with E-state index in [1.807, 2.05) is 37.3 Å². The van der Waals surface area contributed by atoms with Gasteiger partial charge in [0, 0.05) is 29.8 Å². The smallest absolute Gasteiger partial charge is 0.267 e. The van der Waals surface area contributed by atoms with Gasteiger partial charge < -0.3 is 20.1 Å². The highest BCUT2D eigenvalue weighted by molar-refractivity contribution is 9.10. The predicted molar refractivity (Wildman–Crippen MR) is 131 cm³/mol. The molecular weight excluding hydrogens is 508 g/mol. The van der Waals surface area contributed by atoms with Crippen molar-refractivity contribution in [2.24, 2.45) is 0 Å². The molecule has 168 valence electrons. The van der Waals surface area contributed by atoms with Crippen molar-refractivity contribution in [3.05, 3.63) is 87.8 Å². The molecule has 0 spiro atoms. The van der Waals surface area contributed by atoms with Crippen LogP contribution in [0, 0.1) is 11.3 Å². The first-order chi connectivity index (χ1) is 16.0. The van der Waals surface area contributed by atoms with Gasteiger partial charge in [-0.15, -0.1) is 0 Å². The molecular formula is C24H20BrClN4O3. The molecule has 3 aromatic rings. The van der Waals surface area contributed by atoms with Crippen LogP contribution < -0.4 is 20.1 Å². The molecule has 2 N–H and O–H groups in total. The fourth-order valence-corrected chi connectivity index (χ4v) is 3.29. The molecule has 0 fully saturated rings. The molecule has 3 rings (SSSR count). The van der Waals surface area contributed by atoms with E-state index in [1.54, 1.807) is 36.5 Å². The van der Waals surface area contributed by atoms with E-state index >= 15 is 0 Å². The predicted octanol–water partition coefficient (Wildman–Crippen LogP) is 5.93. The standard InChI is InChI=1S/C24H20BrClN4O3/c1-2-32-23-12-17(6-8-20(23)25)29-14-16(13-27)24(31)30-18-7-9-22(21(26)11-18)33-15-19-5-3-4-10-28-19/h3-12,14,29H,2,15H2,1H3,(H,30,31). The van der Waals surface area contributed by atoms with Gasteiger partial charge in [-0.2, -0.15) is 5.26 Å². The fraction of sp³-hybridized carbons (Fsp3) is 0.125. The lowest BCUT2D eigenvalue weighted by molar-refractivity contribution is -0.112. The van der Waals surface area contributed by atoms with E-state index in [9.17, 15) is 10.1 Å². The summed E-state index contributed by atoms with van der Waals surface area (Å²) in [4.78, 5) is 16.7. The number of aromatic nitrogens is 1. The zero-order chi connectivity index (χ0) is 23.6. The van der Waals surface area contributed by atoms with Crippen molar-refractivity contribution < 1.29 is 14.3 Å². The van der Waals surface area contributed by atoms with Gasteiger partial charge in [-0.3, -0.25) is 9.78 Å². The number of nitriles is 1. The highest BCUT2D eigenvalue weighted by Gasteiger charge is 2.12. The lowest BCUT2D eigenvalue weighted by atomic mass is 10.2. The Bertz CT molecular complexity index is 1200. The SMILES string of the molecule is CCOc1cc(NC=C(C#N)C(=O)Nc2ccc(OCc3ccccn3)c(Cl)c2)ccc1Br. The number of rotatable bonds is 9. The molecule has 0 atom stereocenters. The first-order valence-corrected chi connectivity index (χ1v) is 11.1. The largest absolute Gasteiger partial charge is 0.493 e. The zero-order valence-electron chi connectivity index (χ0n) is 17.6. The van der Waals surface area contributed by atoms with Crippen LogP contribution in [-0.2, 0) is 11.4 Å². The van der Waals surface area contributed by atoms with Gasteiger partial charge in [0.25, 0.3) is 5.91 Å². The number of anilines is 2. The summed E-state index contributed by atoms with van der Waals surface area (Å²) in [5.41, 5.74) is 1.75. The second kappa shape index (κ2) is 11.9. The molecule has 0 radical (unpaired) electrons. The van der Waals surface area contributed by atoms with E-state index in [0.29, 0.717) is 34.5 Å². The van der Waals surface area contributed by atoms with Crippen molar-refractivity contribution >= 4 is 44.8 Å². The van der Waals surface area contributed by atoms with Crippen molar-refractivity contribution in [1.82, 2.24) is 4.98 Å². The van der Waals surface area contributed by atoms with Crippen molar-refractivity contribution in [2.45, 2.75) is 13.5 Å². The van der Waals surface area contributed by atoms with E-state index in [2.05, 4.69) is 31.5 Å². The molecule has 0 aliphatic carbocycles. The van der Waals surface area contributed by atoms with Gasteiger partial charge in [0.05, 0.1) is 21.8 Å². The summed E-state index contributed by atoms with van der Waals surface area (Å²) in [6.45, 7) is 2.66. The number of nitrogens with one attached hydrogen (secondary N) is 2. The minimum absolute atomic E-state index is 0.109. The molecule has 1 amide bonds. The zero-order valence-corrected chi connectivity index (χ0v) is 20.0. The topological polar surface area (TPSA) is 96.3 Å². The summed E-state index contributed by atoms with van der Waals surface area (Å²) in [6, 6.07) is 17.6.